The third kappa shape index (κ3) is 11.9. The van der Waals surface area contributed by atoms with Crippen molar-refractivity contribution >= 4 is 41.4 Å². The number of hydrogen-bond acceptors (Lipinski definition) is 7. The Morgan fingerprint density at radius 1 is 0.909 bits per heavy atom. The molecule has 5 unspecified atom stereocenters. The molecule has 0 aliphatic rings. The fourth-order valence-corrected chi connectivity index (χ4v) is 3.44. The Labute approximate surface area is 199 Å². The predicted octanol–water partition coefficient (Wildman–Crippen LogP) is 0.173. The summed E-state index contributed by atoms with van der Waals surface area (Å²) in [5.74, 6) is -4.23. The van der Waals surface area contributed by atoms with Gasteiger partial charge in [0.05, 0.1) is 12.5 Å². The number of nitrogens with one attached hydrogen (secondary N) is 3. The van der Waals surface area contributed by atoms with Gasteiger partial charge >= 0.3 is 11.9 Å². The normalized spacial score (nSPS) is 15.6. The van der Waals surface area contributed by atoms with Crippen molar-refractivity contribution in [2.24, 2.45) is 17.6 Å². The Balaban J connectivity index is 5.52. The van der Waals surface area contributed by atoms with E-state index in [2.05, 4.69) is 16.0 Å². The quantitative estimate of drug-likeness (QED) is 0.175. The van der Waals surface area contributed by atoms with Gasteiger partial charge in [0.1, 0.15) is 18.1 Å². The van der Waals surface area contributed by atoms with Crippen molar-refractivity contribution in [2.45, 2.75) is 77.5 Å². The summed E-state index contributed by atoms with van der Waals surface area (Å²) in [5, 5.41) is 25.8. The van der Waals surface area contributed by atoms with Gasteiger partial charge in [-0.25, -0.2) is 4.79 Å². The third-order valence-electron chi connectivity index (χ3n) is 5.09. The molecule has 190 valence electrons. The first-order valence-electron chi connectivity index (χ1n) is 10.9. The molecular weight excluding hydrogens is 452 g/mol. The number of hydrogen-bond donors (Lipinski definition) is 6. The molecule has 0 saturated carbocycles. The summed E-state index contributed by atoms with van der Waals surface area (Å²) in [4.78, 5) is 60.5. The smallest absolute Gasteiger partial charge is 0.326 e. The van der Waals surface area contributed by atoms with Crippen LogP contribution in [0, 0.1) is 11.8 Å². The second-order valence-corrected chi connectivity index (χ2v) is 9.43. The number of rotatable bonds is 16. The van der Waals surface area contributed by atoms with Crippen LogP contribution in [0.5, 0.6) is 0 Å². The van der Waals surface area contributed by atoms with Crippen LogP contribution in [0.2, 0.25) is 0 Å². The van der Waals surface area contributed by atoms with E-state index in [9.17, 15) is 29.1 Å². The molecule has 0 aromatic carbocycles. The molecule has 33 heavy (non-hydrogen) atoms. The fourth-order valence-electron chi connectivity index (χ4n) is 2.97. The highest BCUT2D eigenvalue weighted by molar-refractivity contribution is 7.98. The number of carbonyl (C=O) groups excluding carboxylic acids is 3. The maximum atomic E-state index is 13.0. The number of carbonyl (C=O) groups is 5. The molecule has 0 spiro atoms. The summed E-state index contributed by atoms with van der Waals surface area (Å²) < 4.78 is 0. The Morgan fingerprint density at radius 3 is 1.94 bits per heavy atom. The molecule has 0 aromatic heterocycles. The van der Waals surface area contributed by atoms with Gasteiger partial charge in [0.2, 0.25) is 17.7 Å². The molecule has 11 nitrogen and oxygen atoms in total. The maximum absolute atomic E-state index is 13.0. The molecule has 0 fully saturated rings. The van der Waals surface area contributed by atoms with Crippen LogP contribution < -0.4 is 21.7 Å². The number of amides is 3. The van der Waals surface area contributed by atoms with E-state index in [1.54, 1.807) is 6.92 Å². The Morgan fingerprint density at radius 2 is 1.48 bits per heavy atom. The third-order valence-corrected chi connectivity index (χ3v) is 5.73. The number of aliphatic carboxylic acids is 2. The lowest BCUT2D eigenvalue weighted by Gasteiger charge is -2.28. The van der Waals surface area contributed by atoms with E-state index in [1.807, 2.05) is 27.0 Å². The van der Waals surface area contributed by atoms with Crippen LogP contribution in [-0.2, 0) is 24.0 Å². The van der Waals surface area contributed by atoms with Gasteiger partial charge in [-0.05, 0) is 36.7 Å². The van der Waals surface area contributed by atoms with Gasteiger partial charge in [0, 0.05) is 0 Å². The molecule has 0 bridgehead atoms. The minimum Gasteiger partial charge on any atom is -0.481 e. The molecule has 0 heterocycles. The Kier molecular flexibility index (Phi) is 14.4. The van der Waals surface area contributed by atoms with Crippen LogP contribution in [0.15, 0.2) is 0 Å². The molecule has 5 atom stereocenters. The molecule has 0 aromatic rings. The maximum Gasteiger partial charge on any atom is 0.326 e. The minimum atomic E-state index is -1.33. The number of carboxylic acids is 2. The zero-order valence-corrected chi connectivity index (χ0v) is 20.7. The van der Waals surface area contributed by atoms with Crippen LogP contribution >= 0.6 is 11.8 Å². The highest BCUT2D eigenvalue weighted by Crippen LogP contribution is 2.12. The largest absolute Gasteiger partial charge is 0.481 e. The lowest BCUT2D eigenvalue weighted by molar-refractivity contribution is -0.142. The standard InChI is InChI=1S/C21H38N4O7S/c1-6-12(4)17(25-18(28)13(22)10-16(26)27)20(30)24-15(9-11(2)3)19(29)23-14(21(31)32)7-8-33-5/h11-15,17H,6-10,22H2,1-5H3,(H,23,29)(H,24,30)(H,25,28)(H,26,27)(H,31,32). The summed E-state index contributed by atoms with van der Waals surface area (Å²) in [6, 6.07) is -4.47. The van der Waals surface area contributed by atoms with E-state index >= 15 is 0 Å². The van der Waals surface area contributed by atoms with Crippen molar-refractivity contribution in [3.63, 3.8) is 0 Å². The lowest BCUT2D eigenvalue weighted by Crippen LogP contribution is -2.59. The average molecular weight is 491 g/mol. The van der Waals surface area contributed by atoms with Gasteiger partial charge in [-0.15, -0.1) is 0 Å². The SMILES string of the molecule is CCC(C)C(NC(=O)C(N)CC(=O)O)C(=O)NC(CC(C)C)C(=O)NC(CCSC)C(=O)O. The monoisotopic (exact) mass is 490 g/mol. The van der Waals surface area contributed by atoms with E-state index in [4.69, 9.17) is 10.8 Å². The van der Waals surface area contributed by atoms with E-state index in [0.717, 1.165) is 0 Å². The molecule has 0 aliphatic heterocycles. The zero-order valence-electron chi connectivity index (χ0n) is 19.9. The Bertz CT molecular complexity index is 690. The topological polar surface area (TPSA) is 188 Å². The van der Waals surface area contributed by atoms with Gasteiger partial charge in [-0.2, -0.15) is 11.8 Å². The first-order valence-corrected chi connectivity index (χ1v) is 12.3. The highest BCUT2D eigenvalue weighted by Gasteiger charge is 2.33. The van der Waals surface area contributed by atoms with Crippen molar-refractivity contribution in [1.82, 2.24) is 16.0 Å². The predicted molar refractivity (Wildman–Crippen MR) is 126 cm³/mol. The zero-order chi connectivity index (χ0) is 25.7. The van der Waals surface area contributed by atoms with Crippen LogP contribution in [0.3, 0.4) is 0 Å². The molecule has 12 heteroatoms. The summed E-state index contributed by atoms with van der Waals surface area (Å²) in [7, 11) is 0. The number of carboxylic acid groups (broad SMARTS) is 2. The van der Waals surface area contributed by atoms with E-state index in [-0.39, 0.29) is 24.7 Å². The van der Waals surface area contributed by atoms with Crippen LogP contribution in [0.25, 0.3) is 0 Å². The van der Waals surface area contributed by atoms with Crippen molar-refractivity contribution < 1.29 is 34.2 Å². The molecular formula is C21H38N4O7S. The van der Waals surface area contributed by atoms with Crippen molar-refractivity contribution in [1.29, 1.82) is 0 Å². The van der Waals surface area contributed by atoms with Gasteiger partial charge in [-0.3, -0.25) is 19.2 Å². The summed E-state index contributed by atoms with van der Waals surface area (Å²) in [6.45, 7) is 7.25. The van der Waals surface area contributed by atoms with Crippen molar-refractivity contribution in [3.8, 4) is 0 Å². The minimum absolute atomic E-state index is 0.0103. The summed E-state index contributed by atoms with van der Waals surface area (Å²) >= 11 is 1.45. The molecule has 0 saturated heterocycles. The van der Waals surface area contributed by atoms with E-state index < -0.39 is 60.2 Å². The van der Waals surface area contributed by atoms with E-state index in [0.29, 0.717) is 12.2 Å². The van der Waals surface area contributed by atoms with Gasteiger partial charge < -0.3 is 31.9 Å². The Hall–Kier alpha value is -2.34. The van der Waals surface area contributed by atoms with Gasteiger partial charge in [0.15, 0.2) is 0 Å². The van der Waals surface area contributed by atoms with Gasteiger partial charge in [-0.1, -0.05) is 34.1 Å². The first-order chi connectivity index (χ1) is 15.3. The lowest BCUT2D eigenvalue weighted by atomic mass is 9.96. The molecule has 0 rings (SSSR count). The molecule has 3 amide bonds. The first kappa shape index (κ1) is 30.7. The fraction of sp³-hybridized carbons (Fsp3) is 0.762. The molecule has 7 N–H and O–H groups in total. The summed E-state index contributed by atoms with van der Waals surface area (Å²) in [5.41, 5.74) is 5.60. The van der Waals surface area contributed by atoms with Crippen LogP contribution in [0.4, 0.5) is 0 Å². The van der Waals surface area contributed by atoms with Gasteiger partial charge in [0.25, 0.3) is 0 Å². The second kappa shape index (κ2) is 15.5. The molecule has 0 aliphatic carbocycles. The average Bonchev–Trinajstić information content (AvgIpc) is 2.72. The van der Waals surface area contributed by atoms with Crippen LogP contribution in [0.1, 0.15) is 53.4 Å². The summed E-state index contributed by atoms with van der Waals surface area (Å²) in [6.07, 6.45) is 2.24. The highest BCUT2D eigenvalue weighted by atomic mass is 32.2. The second-order valence-electron chi connectivity index (χ2n) is 8.45. The number of nitrogens with two attached hydrogens (primary N) is 1. The van der Waals surface area contributed by atoms with Crippen molar-refractivity contribution in [2.75, 3.05) is 12.0 Å². The van der Waals surface area contributed by atoms with Crippen molar-refractivity contribution in [3.05, 3.63) is 0 Å². The van der Waals surface area contributed by atoms with E-state index in [1.165, 1.54) is 11.8 Å². The molecule has 0 radical (unpaired) electrons. The number of thioether (sulfide) groups is 1. The van der Waals surface area contributed by atoms with Crippen LogP contribution in [-0.4, -0.2) is 76.0 Å².